The number of carbonyl (C=O) groups is 1. The van der Waals surface area contributed by atoms with Crippen molar-refractivity contribution in [3.63, 3.8) is 0 Å². The number of hydrogen-bond donors (Lipinski definition) is 2. The highest BCUT2D eigenvalue weighted by Crippen LogP contribution is 1.68. The summed E-state index contributed by atoms with van der Waals surface area (Å²) in [5.74, 6) is 0. The molecule has 0 bridgehead atoms. The first-order chi connectivity index (χ1) is 5.57. The average Bonchev–Trinajstić information content (AvgIpc) is 2.32. The maximum Gasteiger partial charge on any atom is 0.355 e. The molecule has 7 heteroatoms. The first-order valence-electron chi connectivity index (χ1n) is 3.18. The van der Waals surface area contributed by atoms with Crippen LogP contribution in [-0.2, 0) is 7.05 Å². The molecule has 0 saturated heterocycles. The number of H-pyrrole nitrogens is 1. The largest absolute Gasteiger partial charge is 0.355 e. The third-order valence-corrected chi connectivity index (χ3v) is 1.41. The fourth-order valence-electron chi connectivity index (χ4n) is 0.705. The van der Waals surface area contributed by atoms with Crippen molar-refractivity contribution in [3.8, 4) is 0 Å². The Morgan fingerprint density at radius 1 is 1.50 bits per heavy atom. The maximum absolute atomic E-state index is 11.0. The van der Waals surface area contributed by atoms with Gasteiger partial charge in [0.05, 0.1) is 0 Å². The third-order valence-electron chi connectivity index (χ3n) is 1.41. The van der Waals surface area contributed by atoms with Crippen molar-refractivity contribution in [2.75, 3.05) is 7.05 Å². The van der Waals surface area contributed by atoms with E-state index in [4.69, 9.17) is 0 Å². The zero-order valence-electron chi connectivity index (χ0n) is 6.62. The highest BCUT2D eigenvalue weighted by atomic mass is 16.2. The molecule has 0 aliphatic heterocycles. The number of nitrogens with one attached hydrogen (secondary N) is 2. The van der Waals surface area contributed by atoms with Gasteiger partial charge in [-0.1, -0.05) is 0 Å². The van der Waals surface area contributed by atoms with Crippen LogP contribution < -0.4 is 16.7 Å². The summed E-state index contributed by atoms with van der Waals surface area (Å²) in [6.07, 6.45) is 0. The minimum atomic E-state index is -0.695. The predicted octanol–water partition coefficient (Wildman–Crippen LogP) is -1.94. The van der Waals surface area contributed by atoms with E-state index in [1.807, 2.05) is 0 Å². The van der Waals surface area contributed by atoms with Gasteiger partial charge >= 0.3 is 17.4 Å². The van der Waals surface area contributed by atoms with E-state index in [1.165, 1.54) is 14.1 Å². The van der Waals surface area contributed by atoms with Crippen molar-refractivity contribution in [2.45, 2.75) is 0 Å². The lowest BCUT2D eigenvalue weighted by Gasteiger charge is -1.94. The van der Waals surface area contributed by atoms with Crippen molar-refractivity contribution in [2.24, 2.45) is 7.05 Å². The molecule has 7 nitrogen and oxygen atoms in total. The van der Waals surface area contributed by atoms with Crippen molar-refractivity contribution >= 4 is 6.03 Å². The topological polar surface area (TPSA) is 88.9 Å². The summed E-state index contributed by atoms with van der Waals surface area (Å²) in [7, 11) is 2.64. The molecule has 12 heavy (non-hydrogen) atoms. The first kappa shape index (κ1) is 8.31. The SMILES string of the molecule is CNC(=O)n1[nH]c(=O)n(C)c1=O. The second kappa shape index (κ2) is 2.68. The Balaban J connectivity index is 3.38. The van der Waals surface area contributed by atoms with Crippen LogP contribution >= 0.6 is 0 Å². The zero-order valence-corrected chi connectivity index (χ0v) is 6.62. The van der Waals surface area contributed by atoms with Crippen LogP contribution in [0.5, 0.6) is 0 Å². The molecular formula is C5H8N4O3. The van der Waals surface area contributed by atoms with Gasteiger partial charge in [-0.2, -0.15) is 0 Å². The molecule has 0 radical (unpaired) electrons. The van der Waals surface area contributed by atoms with Crippen molar-refractivity contribution in [3.05, 3.63) is 21.0 Å². The monoisotopic (exact) mass is 172 g/mol. The fraction of sp³-hybridized carbons (Fsp3) is 0.400. The third kappa shape index (κ3) is 1.04. The molecule has 0 saturated carbocycles. The minimum Gasteiger partial charge on any atom is -0.339 e. The Morgan fingerprint density at radius 2 is 2.08 bits per heavy atom. The Hall–Kier alpha value is -1.79. The lowest BCUT2D eigenvalue weighted by molar-refractivity contribution is 0.240. The first-order valence-corrected chi connectivity index (χ1v) is 3.18. The van der Waals surface area contributed by atoms with Gasteiger partial charge in [-0.3, -0.25) is 0 Å². The van der Waals surface area contributed by atoms with Crippen LogP contribution in [0, 0.1) is 0 Å². The molecule has 0 aliphatic carbocycles. The van der Waals surface area contributed by atoms with Gasteiger partial charge in [0.1, 0.15) is 0 Å². The van der Waals surface area contributed by atoms with E-state index < -0.39 is 17.4 Å². The van der Waals surface area contributed by atoms with Crippen LogP contribution in [0.3, 0.4) is 0 Å². The molecule has 1 rings (SSSR count). The smallest absolute Gasteiger partial charge is 0.339 e. The quantitative estimate of drug-likeness (QED) is 0.477. The number of carbonyl (C=O) groups excluding carboxylic acids is 1. The number of aromatic nitrogens is 3. The summed E-state index contributed by atoms with van der Waals surface area (Å²) in [5, 5.41) is 4.27. The van der Waals surface area contributed by atoms with Crippen molar-refractivity contribution < 1.29 is 4.79 Å². The average molecular weight is 172 g/mol. The van der Waals surface area contributed by atoms with Crippen LogP contribution in [0.1, 0.15) is 0 Å². The number of hydrogen-bond acceptors (Lipinski definition) is 3. The summed E-state index contributed by atoms with van der Waals surface area (Å²) in [6.45, 7) is 0. The zero-order chi connectivity index (χ0) is 9.30. The maximum atomic E-state index is 11.0. The molecule has 0 unspecified atom stereocenters. The van der Waals surface area contributed by atoms with Gasteiger partial charge in [0.2, 0.25) is 0 Å². The Morgan fingerprint density at radius 3 is 2.42 bits per heavy atom. The van der Waals surface area contributed by atoms with Crippen molar-refractivity contribution in [1.29, 1.82) is 0 Å². The number of rotatable bonds is 0. The summed E-state index contributed by atoms with van der Waals surface area (Å²) >= 11 is 0. The Bertz CT molecular complexity index is 409. The van der Waals surface area contributed by atoms with Gasteiger partial charge in [0.25, 0.3) is 0 Å². The van der Waals surface area contributed by atoms with Crippen molar-refractivity contribution in [1.82, 2.24) is 19.7 Å². The van der Waals surface area contributed by atoms with Gasteiger partial charge in [-0.15, -0.1) is 4.68 Å². The van der Waals surface area contributed by atoms with Crippen LogP contribution in [0.25, 0.3) is 0 Å². The molecule has 0 spiro atoms. The minimum absolute atomic E-state index is 0.600. The molecule has 0 aromatic carbocycles. The summed E-state index contributed by atoms with van der Waals surface area (Å²) in [5.41, 5.74) is -1.32. The normalized spacial score (nSPS) is 9.83. The van der Waals surface area contributed by atoms with Crippen LogP contribution in [0.4, 0.5) is 4.79 Å². The Labute approximate surface area is 66.6 Å². The highest BCUT2D eigenvalue weighted by Gasteiger charge is 2.09. The Kier molecular flexibility index (Phi) is 1.86. The number of amides is 1. The fourth-order valence-corrected chi connectivity index (χ4v) is 0.705. The van der Waals surface area contributed by atoms with E-state index in [2.05, 4.69) is 10.4 Å². The second-order valence-corrected chi connectivity index (χ2v) is 2.15. The van der Waals surface area contributed by atoms with Crippen LogP contribution in [0.15, 0.2) is 9.59 Å². The van der Waals surface area contributed by atoms with Gasteiger partial charge in [-0.05, 0) is 0 Å². The molecule has 0 aliphatic rings. The molecule has 1 aromatic heterocycles. The molecule has 0 atom stereocenters. The lowest BCUT2D eigenvalue weighted by Crippen LogP contribution is -2.35. The second-order valence-electron chi connectivity index (χ2n) is 2.15. The molecule has 2 N–H and O–H groups in total. The van der Waals surface area contributed by atoms with E-state index in [0.29, 0.717) is 4.68 Å². The molecule has 1 amide bonds. The lowest BCUT2D eigenvalue weighted by atomic mass is 10.9. The molecular weight excluding hydrogens is 164 g/mol. The van der Waals surface area contributed by atoms with E-state index in [1.54, 1.807) is 0 Å². The highest BCUT2D eigenvalue weighted by molar-refractivity contribution is 5.74. The van der Waals surface area contributed by atoms with Gasteiger partial charge in [0.15, 0.2) is 0 Å². The summed E-state index contributed by atoms with van der Waals surface area (Å²) in [6, 6.07) is -0.669. The van der Waals surface area contributed by atoms with Crippen LogP contribution in [0.2, 0.25) is 0 Å². The molecule has 1 aromatic rings. The summed E-state index contributed by atoms with van der Waals surface area (Å²) in [4.78, 5) is 32.7. The van der Waals surface area contributed by atoms with Gasteiger partial charge in [0, 0.05) is 14.1 Å². The number of aromatic amines is 1. The van der Waals surface area contributed by atoms with E-state index in [0.717, 1.165) is 4.57 Å². The van der Waals surface area contributed by atoms with E-state index >= 15 is 0 Å². The predicted molar refractivity (Wildman–Crippen MR) is 40.1 cm³/mol. The van der Waals surface area contributed by atoms with E-state index in [-0.39, 0.29) is 0 Å². The number of nitrogens with zero attached hydrogens (tertiary/aromatic N) is 2. The molecule has 1 heterocycles. The van der Waals surface area contributed by atoms with Crippen LogP contribution in [-0.4, -0.2) is 27.4 Å². The molecule has 66 valence electrons. The van der Waals surface area contributed by atoms with E-state index in [9.17, 15) is 14.4 Å². The summed E-state index contributed by atoms with van der Waals surface area (Å²) < 4.78 is 1.40. The van der Waals surface area contributed by atoms with Gasteiger partial charge in [-0.25, -0.2) is 24.0 Å². The molecule has 0 fully saturated rings. The van der Waals surface area contributed by atoms with Gasteiger partial charge < -0.3 is 5.32 Å². The standard InChI is InChI=1S/C5H8N4O3/c1-6-3(10)9-5(12)8(2)4(11)7-9/h1-2H3,(H,6,10)(H,7,11).